The van der Waals surface area contributed by atoms with Crippen LogP contribution in [0.25, 0.3) is 11.3 Å². The Balaban J connectivity index is 2.15. The molecule has 0 fully saturated rings. The summed E-state index contributed by atoms with van der Waals surface area (Å²) in [5, 5.41) is 0.781. The average molecular weight is 261 g/mol. The Morgan fingerprint density at radius 1 is 1.28 bits per heavy atom. The van der Waals surface area contributed by atoms with Crippen LogP contribution in [0.5, 0.6) is 0 Å². The van der Waals surface area contributed by atoms with Crippen LogP contribution in [0.2, 0.25) is 5.02 Å². The van der Waals surface area contributed by atoms with Crippen LogP contribution in [0.1, 0.15) is 37.2 Å². The highest BCUT2D eigenvalue weighted by atomic mass is 35.5. The van der Waals surface area contributed by atoms with E-state index < -0.39 is 0 Å². The number of fused-ring (bicyclic) bond motifs is 1. The quantitative estimate of drug-likeness (QED) is 0.743. The molecular formula is C15H17ClN2. The molecule has 1 unspecified atom stereocenters. The molecule has 3 heteroatoms. The second-order valence-electron chi connectivity index (χ2n) is 5.11. The van der Waals surface area contributed by atoms with Gasteiger partial charge in [0.15, 0.2) is 0 Å². The molecule has 1 aliphatic rings. The van der Waals surface area contributed by atoms with Crippen LogP contribution < -0.4 is 0 Å². The summed E-state index contributed by atoms with van der Waals surface area (Å²) in [7, 11) is 0. The van der Waals surface area contributed by atoms with E-state index in [9.17, 15) is 0 Å². The fraction of sp³-hybridized carbons (Fsp3) is 0.400. The Morgan fingerprint density at radius 2 is 2.00 bits per heavy atom. The third kappa shape index (κ3) is 1.85. The monoisotopic (exact) mass is 260 g/mol. The van der Waals surface area contributed by atoms with Crippen molar-refractivity contribution in [2.75, 3.05) is 0 Å². The molecule has 2 heterocycles. The summed E-state index contributed by atoms with van der Waals surface area (Å²) < 4.78 is 2.38. The van der Waals surface area contributed by atoms with E-state index in [0.717, 1.165) is 17.3 Å². The molecule has 2 aromatic rings. The van der Waals surface area contributed by atoms with Crippen molar-refractivity contribution < 1.29 is 0 Å². The van der Waals surface area contributed by atoms with Gasteiger partial charge >= 0.3 is 0 Å². The van der Waals surface area contributed by atoms with Gasteiger partial charge in [-0.3, -0.25) is 0 Å². The zero-order valence-corrected chi connectivity index (χ0v) is 11.5. The average Bonchev–Trinajstić information content (AvgIpc) is 2.69. The Kier molecular flexibility index (Phi) is 2.90. The number of rotatable bonds is 1. The summed E-state index contributed by atoms with van der Waals surface area (Å²) in [6.07, 6.45) is 2.49. The number of halogens is 1. The summed E-state index contributed by atoms with van der Waals surface area (Å²) in [5.41, 5.74) is 3.60. The fourth-order valence-corrected chi connectivity index (χ4v) is 2.98. The van der Waals surface area contributed by atoms with E-state index in [1.54, 1.807) is 0 Å². The molecule has 18 heavy (non-hydrogen) atoms. The first kappa shape index (κ1) is 11.8. The van der Waals surface area contributed by atoms with Crippen molar-refractivity contribution in [1.82, 2.24) is 9.55 Å². The molecule has 0 saturated heterocycles. The van der Waals surface area contributed by atoms with Crippen molar-refractivity contribution in [2.24, 2.45) is 0 Å². The maximum absolute atomic E-state index is 5.96. The SMILES string of the molecule is Cc1nc2n(c1-c1ccc(Cl)cc1)CCCC2C. The number of hydrogen-bond acceptors (Lipinski definition) is 1. The third-order valence-corrected chi connectivity index (χ3v) is 4.00. The van der Waals surface area contributed by atoms with Gasteiger partial charge in [0, 0.05) is 23.0 Å². The largest absolute Gasteiger partial charge is 0.328 e. The van der Waals surface area contributed by atoms with Gasteiger partial charge in [0.2, 0.25) is 0 Å². The van der Waals surface area contributed by atoms with Crippen molar-refractivity contribution in [3.63, 3.8) is 0 Å². The minimum Gasteiger partial charge on any atom is -0.328 e. The van der Waals surface area contributed by atoms with Crippen LogP contribution >= 0.6 is 11.6 Å². The van der Waals surface area contributed by atoms with Crippen LogP contribution in [0, 0.1) is 6.92 Å². The molecule has 2 nitrogen and oxygen atoms in total. The van der Waals surface area contributed by atoms with Gasteiger partial charge in [-0.25, -0.2) is 4.98 Å². The van der Waals surface area contributed by atoms with Gasteiger partial charge in [-0.1, -0.05) is 30.7 Å². The van der Waals surface area contributed by atoms with E-state index >= 15 is 0 Å². The van der Waals surface area contributed by atoms with Crippen molar-refractivity contribution in [2.45, 2.75) is 39.2 Å². The number of aromatic nitrogens is 2. The standard InChI is InChI=1S/C15H17ClN2/c1-10-4-3-9-18-14(11(2)17-15(10)18)12-5-7-13(16)8-6-12/h5-8,10H,3-4,9H2,1-2H3. The molecule has 1 atom stereocenters. The highest BCUT2D eigenvalue weighted by Crippen LogP contribution is 2.33. The van der Waals surface area contributed by atoms with Crippen molar-refractivity contribution >= 4 is 11.6 Å². The van der Waals surface area contributed by atoms with Crippen molar-refractivity contribution in [3.05, 3.63) is 40.8 Å². The topological polar surface area (TPSA) is 17.8 Å². The molecule has 3 rings (SSSR count). The third-order valence-electron chi connectivity index (χ3n) is 3.75. The van der Waals surface area contributed by atoms with E-state index in [4.69, 9.17) is 16.6 Å². The predicted octanol–water partition coefficient (Wildman–Crippen LogP) is 4.41. The van der Waals surface area contributed by atoms with E-state index in [0.29, 0.717) is 5.92 Å². The van der Waals surface area contributed by atoms with Crippen molar-refractivity contribution in [3.8, 4) is 11.3 Å². The first-order valence-electron chi connectivity index (χ1n) is 6.50. The van der Waals surface area contributed by atoms with Crippen LogP contribution in [-0.4, -0.2) is 9.55 Å². The van der Waals surface area contributed by atoms with Gasteiger partial charge in [-0.15, -0.1) is 0 Å². The number of hydrogen-bond donors (Lipinski definition) is 0. The number of benzene rings is 1. The zero-order chi connectivity index (χ0) is 12.7. The normalized spacial score (nSPS) is 18.7. The molecule has 0 radical (unpaired) electrons. The molecule has 0 saturated carbocycles. The van der Waals surface area contributed by atoms with Crippen LogP contribution in [-0.2, 0) is 6.54 Å². The lowest BCUT2D eigenvalue weighted by molar-refractivity contribution is 0.466. The second kappa shape index (κ2) is 4.43. The van der Waals surface area contributed by atoms with Crippen molar-refractivity contribution in [1.29, 1.82) is 0 Å². The maximum Gasteiger partial charge on any atom is 0.112 e. The molecule has 0 aliphatic carbocycles. The van der Waals surface area contributed by atoms with Gasteiger partial charge in [0.1, 0.15) is 5.82 Å². The summed E-state index contributed by atoms with van der Waals surface area (Å²) >= 11 is 5.96. The molecule has 0 N–H and O–H groups in total. The first-order valence-corrected chi connectivity index (χ1v) is 6.87. The Hall–Kier alpha value is -1.28. The number of nitrogens with zero attached hydrogens (tertiary/aromatic N) is 2. The summed E-state index contributed by atoms with van der Waals surface area (Å²) in [5.74, 6) is 1.81. The molecule has 1 aliphatic heterocycles. The lowest BCUT2D eigenvalue weighted by atomic mass is 10.0. The highest BCUT2D eigenvalue weighted by molar-refractivity contribution is 6.30. The summed E-state index contributed by atoms with van der Waals surface area (Å²) in [6, 6.07) is 8.06. The minimum absolute atomic E-state index is 0.568. The molecule has 0 bridgehead atoms. The smallest absolute Gasteiger partial charge is 0.112 e. The van der Waals surface area contributed by atoms with Gasteiger partial charge in [-0.05, 0) is 31.9 Å². The Labute approximate surface area is 113 Å². The van der Waals surface area contributed by atoms with Crippen LogP contribution in [0.3, 0.4) is 0 Å². The number of aryl methyl sites for hydroxylation is 1. The van der Waals surface area contributed by atoms with E-state index in [1.807, 2.05) is 12.1 Å². The Bertz CT molecular complexity index is 569. The lowest BCUT2D eigenvalue weighted by Crippen LogP contribution is -2.14. The minimum atomic E-state index is 0.568. The lowest BCUT2D eigenvalue weighted by Gasteiger charge is -2.21. The molecule has 0 amide bonds. The Morgan fingerprint density at radius 3 is 2.72 bits per heavy atom. The van der Waals surface area contributed by atoms with Crippen LogP contribution in [0.15, 0.2) is 24.3 Å². The molecule has 1 aromatic heterocycles. The zero-order valence-electron chi connectivity index (χ0n) is 10.8. The van der Waals surface area contributed by atoms with E-state index in [2.05, 4.69) is 30.5 Å². The van der Waals surface area contributed by atoms with Gasteiger partial charge < -0.3 is 4.57 Å². The number of imidazole rings is 1. The molecule has 1 aromatic carbocycles. The highest BCUT2D eigenvalue weighted by Gasteiger charge is 2.23. The molecular weight excluding hydrogens is 244 g/mol. The van der Waals surface area contributed by atoms with Gasteiger partial charge in [0.05, 0.1) is 11.4 Å². The predicted molar refractivity (Wildman–Crippen MR) is 75.1 cm³/mol. The molecule has 94 valence electrons. The first-order chi connectivity index (χ1) is 8.66. The summed E-state index contributed by atoms with van der Waals surface area (Å²) in [4.78, 5) is 4.76. The fourth-order valence-electron chi connectivity index (χ4n) is 2.85. The van der Waals surface area contributed by atoms with E-state index in [-0.39, 0.29) is 0 Å². The summed E-state index contributed by atoms with van der Waals surface area (Å²) in [6.45, 7) is 5.45. The molecule has 0 spiro atoms. The van der Waals surface area contributed by atoms with Gasteiger partial charge in [0.25, 0.3) is 0 Å². The van der Waals surface area contributed by atoms with Crippen LogP contribution in [0.4, 0.5) is 0 Å². The van der Waals surface area contributed by atoms with E-state index in [1.165, 1.54) is 29.9 Å². The maximum atomic E-state index is 5.96. The second-order valence-corrected chi connectivity index (χ2v) is 5.54. The van der Waals surface area contributed by atoms with Gasteiger partial charge in [-0.2, -0.15) is 0 Å².